The van der Waals surface area contributed by atoms with Crippen molar-refractivity contribution in [2.75, 3.05) is 0 Å². The van der Waals surface area contributed by atoms with Crippen molar-refractivity contribution in [3.63, 3.8) is 0 Å². The number of rotatable bonds is 2. The first kappa shape index (κ1) is 6.87. The maximum atomic E-state index is 3.58. The summed E-state index contributed by atoms with van der Waals surface area (Å²) >= 11 is 0. The molecule has 1 aromatic rings. The van der Waals surface area contributed by atoms with Gasteiger partial charge in [-0.2, -0.15) is 0 Å². The molecule has 52 valence electrons. The quantitative estimate of drug-likeness (QED) is 0.546. The Bertz CT molecular complexity index is 243. The summed E-state index contributed by atoms with van der Waals surface area (Å²) in [5.41, 5.74) is 1.27. The molecule has 0 fully saturated rings. The van der Waals surface area contributed by atoms with Crippen molar-refractivity contribution in [3.8, 4) is 0 Å². The van der Waals surface area contributed by atoms with Crippen LogP contribution in [0.2, 0.25) is 0 Å². The number of allylic oxidation sites excluding steroid dienone is 2. The van der Waals surface area contributed by atoms with E-state index in [1.54, 1.807) is 6.08 Å². The molecule has 0 aliphatic rings. The monoisotopic (exact) mass is 133 g/mol. The van der Waals surface area contributed by atoms with E-state index < -0.39 is 0 Å². The van der Waals surface area contributed by atoms with Crippen LogP contribution < -0.4 is 0 Å². The third kappa shape index (κ3) is 1.62. The highest BCUT2D eigenvalue weighted by Gasteiger charge is 1.83. The Labute approximate surface area is 61.3 Å². The standard InChI is InChI=1S/C9H11N/c1-3-4-6-10-7-5-9(2)8-10/h3-8H,1H2,2H3/b6-4-. The molecular formula is C9H11N. The first-order valence-corrected chi connectivity index (χ1v) is 3.26. The summed E-state index contributed by atoms with van der Waals surface area (Å²) in [7, 11) is 0. The molecule has 1 nitrogen and oxygen atoms in total. The Morgan fingerprint density at radius 1 is 1.60 bits per heavy atom. The first-order valence-electron chi connectivity index (χ1n) is 3.26. The summed E-state index contributed by atoms with van der Waals surface area (Å²) in [6.07, 6.45) is 9.68. The first-order chi connectivity index (χ1) is 4.83. The van der Waals surface area contributed by atoms with Crippen LogP contribution in [-0.4, -0.2) is 4.57 Å². The van der Waals surface area contributed by atoms with E-state index in [-0.39, 0.29) is 0 Å². The van der Waals surface area contributed by atoms with Crippen LogP contribution in [0.25, 0.3) is 6.20 Å². The van der Waals surface area contributed by atoms with Crippen molar-refractivity contribution in [2.24, 2.45) is 0 Å². The fourth-order valence-corrected chi connectivity index (χ4v) is 0.778. The molecular weight excluding hydrogens is 122 g/mol. The molecule has 10 heavy (non-hydrogen) atoms. The molecule has 0 amide bonds. The fraction of sp³-hybridized carbons (Fsp3) is 0.111. The molecule has 1 rings (SSSR count). The summed E-state index contributed by atoms with van der Waals surface area (Å²) in [5, 5.41) is 0. The second-order valence-corrected chi connectivity index (χ2v) is 2.21. The number of aryl methyl sites for hydroxylation is 1. The lowest BCUT2D eigenvalue weighted by Gasteiger charge is -1.87. The number of aromatic nitrogens is 1. The lowest BCUT2D eigenvalue weighted by atomic mass is 10.4. The lowest BCUT2D eigenvalue weighted by Crippen LogP contribution is -1.76. The Balaban J connectivity index is 2.75. The van der Waals surface area contributed by atoms with Crippen LogP contribution in [0, 0.1) is 6.92 Å². The minimum atomic E-state index is 1.27. The molecule has 0 atom stereocenters. The van der Waals surface area contributed by atoms with Gasteiger partial charge in [-0.25, -0.2) is 0 Å². The highest BCUT2D eigenvalue weighted by Crippen LogP contribution is 1.98. The maximum Gasteiger partial charge on any atom is 0.0112 e. The molecule has 1 aromatic heterocycles. The van der Waals surface area contributed by atoms with Crippen molar-refractivity contribution < 1.29 is 0 Å². The summed E-state index contributed by atoms with van der Waals surface area (Å²) in [4.78, 5) is 0. The summed E-state index contributed by atoms with van der Waals surface area (Å²) in [6.45, 7) is 5.65. The lowest BCUT2D eigenvalue weighted by molar-refractivity contribution is 1.16. The normalized spacial score (nSPS) is 10.5. The molecule has 0 radical (unpaired) electrons. The maximum absolute atomic E-state index is 3.58. The third-order valence-corrected chi connectivity index (χ3v) is 1.26. The van der Waals surface area contributed by atoms with Gasteiger partial charge in [-0.05, 0) is 24.6 Å². The van der Waals surface area contributed by atoms with E-state index in [9.17, 15) is 0 Å². The Kier molecular flexibility index (Phi) is 2.11. The average molecular weight is 133 g/mol. The fourth-order valence-electron chi connectivity index (χ4n) is 0.778. The van der Waals surface area contributed by atoms with Crippen molar-refractivity contribution in [2.45, 2.75) is 6.92 Å². The topological polar surface area (TPSA) is 4.93 Å². The van der Waals surface area contributed by atoms with Gasteiger partial charge in [0.25, 0.3) is 0 Å². The van der Waals surface area contributed by atoms with Crippen molar-refractivity contribution >= 4 is 6.20 Å². The third-order valence-electron chi connectivity index (χ3n) is 1.26. The highest BCUT2D eigenvalue weighted by atomic mass is 14.9. The molecule has 0 bridgehead atoms. The molecule has 0 spiro atoms. The highest BCUT2D eigenvalue weighted by molar-refractivity contribution is 5.29. The molecule has 0 aliphatic carbocycles. The van der Waals surface area contributed by atoms with E-state index in [4.69, 9.17) is 0 Å². The van der Waals surface area contributed by atoms with Crippen molar-refractivity contribution in [1.82, 2.24) is 4.57 Å². The predicted molar refractivity (Wildman–Crippen MR) is 44.7 cm³/mol. The van der Waals surface area contributed by atoms with E-state index in [0.717, 1.165) is 0 Å². The van der Waals surface area contributed by atoms with Crippen LogP contribution in [0.3, 0.4) is 0 Å². The second kappa shape index (κ2) is 3.06. The summed E-state index contributed by atoms with van der Waals surface area (Å²) < 4.78 is 2.00. The van der Waals surface area contributed by atoms with E-state index in [1.165, 1.54) is 5.56 Å². The van der Waals surface area contributed by atoms with Crippen LogP contribution in [0.1, 0.15) is 5.56 Å². The van der Waals surface area contributed by atoms with E-state index in [0.29, 0.717) is 0 Å². The van der Waals surface area contributed by atoms with Gasteiger partial charge in [0, 0.05) is 18.6 Å². The molecule has 1 heteroatoms. The minimum Gasteiger partial charge on any atom is -0.330 e. The Hall–Kier alpha value is -1.24. The second-order valence-electron chi connectivity index (χ2n) is 2.21. The van der Waals surface area contributed by atoms with Crippen LogP contribution in [0.5, 0.6) is 0 Å². The number of nitrogens with zero attached hydrogens (tertiary/aromatic N) is 1. The van der Waals surface area contributed by atoms with Crippen LogP contribution >= 0.6 is 0 Å². The van der Waals surface area contributed by atoms with E-state index >= 15 is 0 Å². The van der Waals surface area contributed by atoms with Gasteiger partial charge >= 0.3 is 0 Å². The zero-order valence-electron chi connectivity index (χ0n) is 6.12. The average Bonchev–Trinajstić information content (AvgIpc) is 2.31. The van der Waals surface area contributed by atoms with Gasteiger partial charge in [0.05, 0.1) is 0 Å². The SMILES string of the molecule is C=C/C=C\n1ccc(C)c1. The molecule has 0 saturated heterocycles. The van der Waals surface area contributed by atoms with Crippen LogP contribution in [0.4, 0.5) is 0 Å². The number of hydrogen-bond acceptors (Lipinski definition) is 0. The van der Waals surface area contributed by atoms with Gasteiger partial charge in [-0.15, -0.1) is 0 Å². The van der Waals surface area contributed by atoms with Gasteiger partial charge < -0.3 is 4.57 Å². The van der Waals surface area contributed by atoms with Crippen LogP contribution in [-0.2, 0) is 0 Å². The largest absolute Gasteiger partial charge is 0.330 e. The van der Waals surface area contributed by atoms with E-state index in [2.05, 4.69) is 25.8 Å². The van der Waals surface area contributed by atoms with Gasteiger partial charge in [-0.3, -0.25) is 0 Å². The molecule has 0 unspecified atom stereocenters. The van der Waals surface area contributed by atoms with E-state index in [1.807, 2.05) is 23.0 Å². The van der Waals surface area contributed by atoms with Crippen LogP contribution in [0.15, 0.2) is 37.2 Å². The smallest absolute Gasteiger partial charge is 0.0112 e. The Morgan fingerprint density at radius 3 is 2.90 bits per heavy atom. The summed E-state index contributed by atoms with van der Waals surface area (Å²) in [5.74, 6) is 0. The Morgan fingerprint density at radius 2 is 2.40 bits per heavy atom. The van der Waals surface area contributed by atoms with Gasteiger partial charge in [0.15, 0.2) is 0 Å². The zero-order valence-corrected chi connectivity index (χ0v) is 6.12. The molecule has 0 aliphatic heterocycles. The molecule has 0 saturated carbocycles. The molecule has 0 aromatic carbocycles. The minimum absolute atomic E-state index is 1.27. The van der Waals surface area contributed by atoms with Crippen molar-refractivity contribution in [1.29, 1.82) is 0 Å². The molecule has 1 heterocycles. The van der Waals surface area contributed by atoms with Crippen molar-refractivity contribution in [3.05, 3.63) is 42.8 Å². The van der Waals surface area contributed by atoms with Gasteiger partial charge in [0.1, 0.15) is 0 Å². The van der Waals surface area contributed by atoms with Gasteiger partial charge in [0.2, 0.25) is 0 Å². The predicted octanol–water partition coefficient (Wildman–Crippen LogP) is 2.45. The number of hydrogen-bond donors (Lipinski definition) is 0. The molecule has 0 N–H and O–H groups in total. The summed E-state index contributed by atoms with van der Waals surface area (Å²) in [6, 6.07) is 2.06. The zero-order chi connectivity index (χ0) is 7.40. The van der Waals surface area contributed by atoms with Gasteiger partial charge in [-0.1, -0.05) is 12.7 Å².